The summed E-state index contributed by atoms with van der Waals surface area (Å²) in [5, 5.41) is 3.53. The topological polar surface area (TPSA) is 15.3 Å². The van der Waals surface area contributed by atoms with Crippen molar-refractivity contribution in [1.82, 2.24) is 10.2 Å². The number of nitrogens with zero attached hydrogens (tertiary/aromatic N) is 1. The van der Waals surface area contributed by atoms with Gasteiger partial charge in [-0.2, -0.15) is 0 Å². The van der Waals surface area contributed by atoms with Crippen LogP contribution in [-0.4, -0.2) is 37.6 Å². The third-order valence-corrected chi connectivity index (χ3v) is 3.44. The Balaban J connectivity index is 2.30. The second kappa shape index (κ2) is 6.41. The van der Waals surface area contributed by atoms with Crippen LogP contribution in [0, 0.1) is 5.92 Å². The standard InChI is InChI=1S/C12H26N2/c1-4-11(2)10-14(3)12-7-5-6-8-13-9-12/h11-13H,4-10H2,1-3H3. The molecule has 1 N–H and O–H groups in total. The van der Waals surface area contributed by atoms with Gasteiger partial charge < -0.3 is 10.2 Å². The van der Waals surface area contributed by atoms with Crippen LogP contribution in [0.15, 0.2) is 0 Å². The van der Waals surface area contributed by atoms with E-state index in [0.717, 1.165) is 12.0 Å². The van der Waals surface area contributed by atoms with E-state index in [4.69, 9.17) is 0 Å². The summed E-state index contributed by atoms with van der Waals surface area (Å²) in [4.78, 5) is 2.55. The van der Waals surface area contributed by atoms with Crippen molar-refractivity contribution < 1.29 is 0 Å². The summed E-state index contributed by atoms with van der Waals surface area (Å²) >= 11 is 0. The molecule has 0 radical (unpaired) electrons. The van der Waals surface area contributed by atoms with Gasteiger partial charge in [-0.25, -0.2) is 0 Å². The third kappa shape index (κ3) is 3.97. The first-order valence-electron chi connectivity index (χ1n) is 6.15. The second-order valence-corrected chi connectivity index (χ2v) is 4.81. The van der Waals surface area contributed by atoms with Crippen LogP contribution in [0.4, 0.5) is 0 Å². The van der Waals surface area contributed by atoms with Gasteiger partial charge in [0.1, 0.15) is 0 Å². The quantitative estimate of drug-likeness (QED) is 0.744. The molecule has 0 aromatic rings. The highest BCUT2D eigenvalue weighted by Gasteiger charge is 2.17. The van der Waals surface area contributed by atoms with Crippen molar-refractivity contribution in [2.24, 2.45) is 5.92 Å². The highest BCUT2D eigenvalue weighted by atomic mass is 15.1. The lowest BCUT2D eigenvalue weighted by atomic mass is 10.1. The average Bonchev–Trinajstić information content (AvgIpc) is 2.45. The molecule has 1 saturated heterocycles. The van der Waals surface area contributed by atoms with Gasteiger partial charge in [-0.15, -0.1) is 0 Å². The number of hydrogen-bond acceptors (Lipinski definition) is 2. The van der Waals surface area contributed by atoms with E-state index in [0.29, 0.717) is 0 Å². The molecule has 1 heterocycles. The van der Waals surface area contributed by atoms with Gasteiger partial charge in [0.05, 0.1) is 0 Å². The Morgan fingerprint density at radius 2 is 2.21 bits per heavy atom. The van der Waals surface area contributed by atoms with Gasteiger partial charge in [0, 0.05) is 19.1 Å². The maximum Gasteiger partial charge on any atom is 0.0217 e. The highest BCUT2D eigenvalue weighted by Crippen LogP contribution is 2.12. The molecule has 2 atom stereocenters. The molecule has 2 unspecified atom stereocenters. The van der Waals surface area contributed by atoms with Gasteiger partial charge in [0.25, 0.3) is 0 Å². The van der Waals surface area contributed by atoms with Crippen LogP contribution in [0.5, 0.6) is 0 Å². The minimum absolute atomic E-state index is 0.770. The Morgan fingerprint density at radius 3 is 2.93 bits per heavy atom. The number of rotatable bonds is 4. The lowest BCUT2D eigenvalue weighted by Gasteiger charge is -2.29. The fraction of sp³-hybridized carbons (Fsp3) is 1.00. The Labute approximate surface area is 89.1 Å². The summed E-state index contributed by atoms with van der Waals surface area (Å²) in [5.74, 6) is 0.836. The van der Waals surface area contributed by atoms with Gasteiger partial charge in [0.2, 0.25) is 0 Å². The minimum Gasteiger partial charge on any atom is -0.315 e. The molecule has 14 heavy (non-hydrogen) atoms. The van der Waals surface area contributed by atoms with Crippen molar-refractivity contribution in [3.63, 3.8) is 0 Å². The van der Waals surface area contributed by atoms with Crippen molar-refractivity contribution in [3.8, 4) is 0 Å². The predicted octanol–water partition coefficient (Wildman–Crippen LogP) is 2.11. The van der Waals surface area contributed by atoms with Crippen LogP contribution in [-0.2, 0) is 0 Å². The first kappa shape index (κ1) is 12.0. The molecular weight excluding hydrogens is 172 g/mol. The molecule has 0 amide bonds. The zero-order chi connectivity index (χ0) is 10.4. The van der Waals surface area contributed by atoms with Crippen LogP contribution in [0.25, 0.3) is 0 Å². The fourth-order valence-corrected chi connectivity index (χ4v) is 2.15. The molecule has 0 aromatic carbocycles. The molecule has 2 heteroatoms. The molecule has 1 rings (SSSR count). The van der Waals surface area contributed by atoms with Crippen LogP contribution in [0.2, 0.25) is 0 Å². The van der Waals surface area contributed by atoms with E-state index in [1.54, 1.807) is 0 Å². The first-order valence-corrected chi connectivity index (χ1v) is 6.15. The number of likely N-dealkylation sites (N-methyl/N-ethyl adjacent to an activating group) is 1. The summed E-state index contributed by atoms with van der Waals surface area (Å²) in [7, 11) is 2.28. The van der Waals surface area contributed by atoms with E-state index >= 15 is 0 Å². The molecule has 1 aliphatic rings. The van der Waals surface area contributed by atoms with E-state index in [1.165, 1.54) is 45.3 Å². The smallest absolute Gasteiger partial charge is 0.0217 e. The largest absolute Gasteiger partial charge is 0.315 e. The normalized spacial score (nSPS) is 26.1. The monoisotopic (exact) mass is 198 g/mol. The SMILES string of the molecule is CCC(C)CN(C)C1CCCCNC1. The summed E-state index contributed by atoms with van der Waals surface area (Å²) in [6.07, 6.45) is 5.42. The second-order valence-electron chi connectivity index (χ2n) is 4.81. The molecule has 0 aromatic heterocycles. The average molecular weight is 198 g/mol. The fourth-order valence-electron chi connectivity index (χ4n) is 2.15. The van der Waals surface area contributed by atoms with Gasteiger partial charge >= 0.3 is 0 Å². The van der Waals surface area contributed by atoms with Crippen molar-refractivity contribution in [2.75, 3.05) is 26.7 Å². The maximum atomic E-state index is 3.53. The third-order valence-electron chi connectivity index (χ3n) is 3.44. The molecule has 0 aliphatic carbocycles. The number of nitrogens with one attached hydrogen (secondary N) is 1. The Kier molecular flexibility index (Phi) is 5.49. The van der Waals surface area contributed by atoms with Crippen molar-refractivity contribution >= 4 is 0 Å². The van der Waals surface area contributed by atoms with E-state index in [9.17, 15) is 0 Å². The Hall–Kier alpha value is -0.0800. The zero-order valence-electron chi connectivity index (χ0n) is 10.1. The van der Waals surface area contributed by atoms with E-state index in [2.05, 4.69) is 31.1 Å². The zero-order valence-corrected chi connectivity index (χ0v) is 10.1. The molecular formula is C12H26N2. The van der Waals surface area contributed by atoms with Crippen molar-refractivity contribution in [1.29, 1.82) is 0 Å². The van der Waals surface area contributed by atoms with Crippen LogP contribution in [0.1, 0.15) is 39.5 Å². The van der Waals surface area contributed by atoms with Crippen LogP contribution >= 0.6 is 0 Å². The van der Waals surface area contributed by atoms with Crippen molar-refractivity contribution in [2.45, 2.75) is 45.6 Å². The lowest BCUT2D eigenvalue weighted by molar-refractivity contribution is 0.200. The molecule has 1 fully saturated rings. The minimum atomic E-state index is 0.770. The van der Waals surface area contributed by atoms with Gasteiger partial charge in [-0.1, -0.05) is 26.7 Å². The van der Waals surface area contributed by atoms with Gasteiger partial charge in [-0.05, 0) is 32.4 Å². The van der Waals surface area contributed by atoms with E-state index in [1.807, 2.05) is 0 Å². The summed E-state index contributed by atoms with van der Waals surface area (Å²) in [6, 6.07) is 0.770. The highest BCUT2D eigenvalue weighted by molar-refractivity contribution is 4.75. The molecule has 0 bridgehead atoms. The Bertz CT molecular complexity index is 139. The Morgan fingerprint density at radius 1 is 1.43 bits per heavy atom. The van der Waals surface area contributed by atoms with Crippen LogP contribution < -0.4 is 5.32 Å². The molecule has 84 valence electrons. The summed E-state index contributed by atoms with van der Waals surface area (Å²) in [6.45, 7) is 8.29. The summed E-state index contributed by atoms with van der Waals surface area (Å²) < 4.78 is 0. The summed E-state index contributed by atoms with van der Waals surface area (Å²) in [5.41, 5.74) is 0. The first-order chi connectivity index (χ1) is 6.74. The maximum absolute atomic E-state index is 3.53. The van der Waals surface area contributed by atoms with Crippen molar-refractivity contribution in [3.05, 3.63) is 0 Å². The van der Waals surface area contributed by atoms with E-state index in [-0.39, 0.29) is 0 Å². The lowest BCUT2D eigenvalue weighted by Crippen LogP contribution is -2.40. The molecule has 2 nitrogen and oxygen atoms in total. The molecule has 0 spiro atoms. The molecule has 1 aliphatic heterocycles. The van der Waals surface area contributed by atoms with Gasteiger partial charge in [0.15, 0.2) is 0 Å². The van der Waals surface area contributed by atoms with Crippen LogP contribution in [0.3, 0.4) is 0 Å². The number of hydrogen-bond donors (Lipinski definition) is 1. The predicted molar refractivity (Wildman–Crippen MR) is 62.6 cm³/mol. The van der Waals surface area contributed by atoms with E-state index < -0.39 is 0 Å². The van der Waals surface area contributed by atoms with Gasteiger partial charge in [-0.3, -0.25) is 0 Å². The molecule has 0 saturated carbocycles.